The first-order valence-electron chi connectivity index (χ1n) is 7.10. The summed E-state index contributed by atoms with van der Waals surface area (Å²) >= 11 is 0. The minimum absolute atomic E-state index is 0.0371. The van der Waals surface area contributed by atoms with Crippen LogP contribution in [0.2, 0.25) is 0 Å². The van der Waals surface area contributed by atoms with Crippen molar-refractivity contribution in [3.63, 3.8) is 0 Å². The van der Waals surface area contributed by atoms with Crippen LogP contribution in [0.5, 0.6) is 0 Å². The second kappa shape index (κ2) is 5.85. The maximum absolute atomic E-state index is 12.8. The summed E-state index contributed by atoms with van der Waals surface area (Å²) in [5.41, 5.74) is 0.615. The van der Waals surface area contributed by atoms with Crippen LogP contribution in [0.15, 0.2) is 77.7 Å². The van der Waals surface area contributed by atoms with Crippen molar-refractivity contribution in [2.24, 2.45) is 0 Å². The third-order valence-electron chi connectivity index (χ3n) is 3.72. The van der Waals surface area contributed by atoms with Gasteiger partial charge in [0.05, 0.1) is 0 Å². The Balaban J connectivity index is 1.88. The summed E-state index contributed by atoms with van der Waals surface area (Å²) < 4.78 is 12.8. The molecule has 0 aliphatic carbocycles. The topological polar surface area (TPSA) is 34.1 Å². The van der Waals surface area contributed by atoms with Crippen LogP contribution in [-0.4, -0.2) is 17.8 Å². The normalized spacial score (nSPS) is 13.7. The Morgan fingerprint density at radius 3 is 2.23 bits per heavy atom. The molecule has 0 aromatic heterocycles. The van der Waals surface area contributed by atoms with Crippen molar-refractivity contribution in [2.45, 2.75) is 4.90 Å². The summed E-state index contributed by atoms with van der Waals surface area (Å²) in [6, 6.07) is 22.7. The fourth-order valence-electron chi connectivity index (χ4n) is 2.49. The largest absolute Gasteiger partial charge is 0.289 e. The molecule has 0 N–H and O–H groups in total. The average molecular weight is 309 g/mol. The molecule has 0 spiro atoms. The standard InChI is InChI=1S/C19H17O2S/c1-22(21,18-9-3-2-4-10-18)14-19(20)17-12-11-15-7-5-6-8-16(15)13-17/h2-13H,14H2,1H3/q+1. The van der Waals surface area contributed by atoms with Gasteiger partial charge in [0.2, 0.25) is 5.78 Å². The van der Waals surface area contributed by atoms with Gasteiger partial charge < -0.3 is 0 Å². The predicted molar refractivity (Wildman–Crippen MR) is 91.8 cm³/mol. The van der Waals surface area contributed by atoms with Crippen molar-refractivity contribution in [2.75, 3.05) is 12.0 Å². The second-order valence-corrected chi connectivity index (χ2v) is 8.22. The van der Waals surface area contributed by atoms with Gasteiger partial charge in [-0.3, -0.25) is 4.79 Å². The average Bonchev–Trinajstić information content (AvgIpc) is 2.55. The Kier molecular flexibility index (Phi) is 3.90. The van der Waals surface area contributed by atoms with Crippen LogP contribution >= 0.6 is 0 Å². The molecule has 0 saturated heterocycles. The third-order valence-corrected chi connectivity index (χ3v) is 5.80. The molecule has 0 heterocycles. The molecule has 0 saturated carbocycles. The molecule has 3 rings (SSSR count). The Hall–Kier alpha value is -2.26. The molecule has 0 aliphatic heterocycles. The fourth-order valence-corrected chi connectivity index (χ4v) is 4.05. The van der Waals surface area contributed by atoms with Crippen molar-refractivity contribution in [1.29, 1.82) is 0 Å². The van der Waals surface area contributed by atoms with Gasteiger partial charge >= 0.3 is 0 Å². The van der Waals surface area contributed by atoms with Crippen LogP contribution in [0.1, 0.15) is 10.4 Å². The maximum atomic E-state index is 12.8. The van der Waals surface area contributed by atoms with Crippen molar-refractivity contribution in [3.05, 3.63) is 78.4 Å². The number of hydrogen-bond acceptors (Lipinski definition) is 2. The zero-order chi connectivity index (χ0) is 15.6. The molecular formula is C19H17O2S+. The molecule has 3 aromatic carbocycles. The molecule has 3 aromatic rings. The fraction of sp³-hybridized carbons (Fsp3) is 0.105. The van der Waals surface area contributed by atoms with Crippen LogP contribution in [0.3, 0.4) is 0 Å². The van der Waals surface area contributed by atoms with Crippen LogP contribution in [0.4, 0.5) is 0 Å². The molecule has 1 unspecified atom stereocenters. The molecule has 3 heteroatoms. The summed E-state index contributed by atoms with van der Waals surface area (Å²) in [5.74, 6) is -0.0443. The lowest BCUT2D eigenvalue weighted by Gasteiger charge is -2.07. The number of Topliss-reactive ketones (excluding diaryl/α,β-unsaturated/α-hetero) is 1. The monoisotopic (exact) mass is 309 g/mol. The Morgan fingerprint density at radius 2 is 1.50 bits per heavy atom. The lowest BCUT2D eigenvalue weighted by molar-refractivity contribution is 0.102. The van der Waals surface area contributed by atoms with Gasteiger partial charge in [-0.05, 0) is 29.0 Å². The Bertz CT molecular complexity index is 869. The van der Waals surface area contributed by atoms with E-state index in [0.29, 0.717) is 5.56 Å². The maximum Gasteiger partial charge on any atom is 0.212 e. The molecule has 110 valence electrons. The van der Waals surface area contributed by atoms with Crippen LogP contribution < -0.4 is 0 Å². The first kappa shape index (κ1) is 14.7. The quantitative estimate of drug-likeness (QED) is 0.534. The zero-order valence-electron chi connectivity index (χ0n) is 12.4. The van der Waals surface area contributed by atoms with E-state index in [1.807, 2.05) is 72.8 Å². The van der Waals surface area contributed by atoms with E-state index < -0.39 is 9.93 Å². The minimum Gasteiger partial charge on any atom is -0.289 e. The SMILES string of the molecule is C[S+](=O)(CC(=O)c1ccc2ccccc2c1)c1ccccc1. The molecule has 22 heavy (non-hydrogen) atoms. The van der Waals surface area contributed by atoms with Gasteiger partial charge in [0, 0.05) is 5.56 Å². The van der Waals surface area contributed by atoms with Crippen LogP contribution in [0, 0.1) is 0 Å². The molecule has 0 bridgehead atoms. The summed E-state index contributed by atoms with van der Waals surface area (Å²) in [6.07, 6.45) is 1.65. The van der Waals surface area contributed by atoms with Gasteiger partial charge in [-0.2, -0.15) is 0 Å². The van der Waals surface area contributed by atoms with E-state index in [0.717, 1.165) is 15.7 Å². The summed E-state index contributed by atoms with van der Waals surface area (Å²) in [5, 5.41) is 2.12. The first-order chi connectivity index (χ1) is 10.6. The molecular weight excluding hydrogens is 292 g/mol. The number of carbonyl (C=O) groups excluding carboxylic acids is 1. The highest BCUT2D eigenvalue weighted by Gasteiger charge is 2.29. The van der Waals surface area contributed by atoms with Gasteiger partial charge in [0.1, 0.15) is 16.2 Å². The Labute approximate surface area is 131 Å². The van der Waals surface area contributed by atoms with Gasteiger partial charge in [0.25, 0.3) is 0 Å². The lowest BCUT2D eigenvalue weighted by Crippen LogP contribution is -2.21. The summed E-state index contributed by atoms with van der Waals surface area (Å²) in [6.45, 7) is 0. The molecule has 0 fully saturated rings. The highest BCUT2D eigenvalue weighted by Crippen LogP contribution is 2.20. The third kappa shape index (κ3) is 3.00. The van der Waals surface area contributed by atoms with Crippen molar-refractivity contribution >= 4 is 26.5 Å². The molecule has 1 atom stereocenters. The number of fused-ring (bicyclic) bond motifs is 1. The van der Waals surface area contributed by atoms with E-state index in [4.69, 9.17) is 0 Å². The second-order valence-electron chi connectivity index (χ2n) is 5.45. The number of hydrogen-bond donors (Lipinski definition) is 0. The highest BCUT2D eigenvalue weighted by atomic mass is 32.2. The predicted octanol–water partition coefficient (Wildman–Crippen LogP) is 4.21. The van der Waals surface area contributed by atoms with E-state index >= 15 is 0 Å². The summed E-state index contributed by atoms with van der Waals surface area (Å²) in [7, 11) is -2.36. The molecule has 0 aliphatic rings. The number of rotatable bonds is 4. The van der Waals surface area contributed by atoms with E-state index in [-0.39, 0.29) is 11.5 Å². The van der Waals surface area contributed by atoms with E-state index in [1.165, 1.54) is 0 Å². The van der Waals surface area contributed by atoms with E-state index in [2.05, 4.69) is 0 Å². The van der Waals surface area contributed by atoms with Crippen LogP contribution in [0.25, 0.3) is 10.8 Å². The van der Waals surface area contributed by atoms with Crippen LogP contribution in [-0.2, 0) is 14.1 Å². The number of benzene rings is 3. The van der Waals surface area contributed by atoms with Gasteiger partial charge in [0.15, 0.2) is 10.6 Å². The first-order valence-corrected chi connectivity index (χ1v) is 9.24. The minimum atomic E-state index is -2.36. The lowest BCUT2D eigenvalue weighted by atomic mass is 10.1. The van der Waals surface area contributed by atoms with Crippen molar-refractivity contribution < 1.29 is 9.00 Å². The van der Waals surface area contributed by atoms with Gasteiger partial charge in [-0.1, -0.05) is 58.8 Å². The van der Waals surface area contributed by atoms with Gasteiger partial charge in [-0.25, -0.2) is 0 Å². The molecule has 2 nitrogen and oxygen atoms in total. The smallest absolute Gasteiger partial charge is 0.212 e. The van der Waals surface area contributed by atoms with Gasteiger partial charge in [-0.15, -0.1) is 0 Å². The number of carbonyl (C=O) groups is 1. The van der Waals surface area contributed by atoms with Crippen molar-refractivity contribution in [1.82, 2.24) is 0 Å². The van der Waals surface area contributed by atoms with E-state index in [9.17, 15) is 9.00 Å². The molecule has 0 amide bonds. The molecule has 0 radical (unpaired) electrons. The number of ketones is 1. The zero-order valence-corrected chi connectivity index (χ0v) is 13.2. The highest BCUT2D eigenvalue weighted by molar-refractivity contribution is 8.03. The van der Waals surface area contributed by atoms with E-state index in [1.54, 1.807) is 6.26 Å². The Morgan fingerprint density at radius 1 is 0.864 bits per heavy atom. The summed E-state index contributed by atoms with van der Waals surface area (Å²) in [4.78, 5) is 13.2. The van der Waals surface area contributed by atoms with Crippen molar-refractivity contribution in [3.8, 4) is 0 Å².